The molecule has 1 N–H and O–H groups in total. The van der Waals surface area contributed by atoms with Gasteiger partial charge in [-0.1, -0.05) is 29.8 Å². The van der Waals surface area contributed by atoms with E-state index in [4.69, 9.17) is 5.26 Å². The number of hydrogen-bond acceptors (Lipinski definition) is 4. The van der Waals surface area contributed by atoms with Gasteiger partial charge in [0, 0.05) is 23.9 Å². The Balaban J connectivity index is 2.17. The number of benzene rings is 1. The third-order valence-electron chi connectivity index (χ3n) is 3.75. The molecule has 0 aliphatic heterocycles. The molecule has 116 valence electrons. The summed E-state index contributed by atoms with van der Waals surface area (Å²) in [6.45, 7) is 2.26. The molecular weight excluding hydrogens is 310 g/mol. The van der Waals surface area contributed by atoms with Crippen LogP contribution in [0.4, 0.5) is 0 Å². The maximum Gasteiger partial charge on any atom is 0.329 e. The zero-order valence-corrected chi connectivity index (χ0v) is 13.4. The summed E-state index contributed by atoms with van der Waals surface area (Å²) < 4.78 is 1.18. The highest BCUT2D eigenvalue weighted by molar-refractivity contribution is 7.17. The molecule has 3 rings (SSSR count). The maximum atomic E-state index is 12.7. The number of H-pyrrole nitrogens is 1. The van der Waals surface area contributed by atoms with Crippen LogP contribution in [0, 0.1) is 18.3 Å². The number of nitrogens with one attached hydrogen (secondary N) is 1. The van der Waals surface area contributed by atoms with Crippen molar-refractivity contribution in [1.29, 1.82) is 5.26 Å². The number of aromatic nitrogens is 2. The average Bonchev–Trinajstić information content (AvgIpc) is 2.95. The number of unbranched alkanes of at least 4 members (excludes halogenated alkanes) is 1. The van der Waals surface area contributed by atoms with E-state index < -0.39 is 5.69 Å². The van der Waals surface area contributed by atoms with Crippen molar-refractivity contribution in [3.63, 3.8) is 0 Å². The number of nitrogens with zero attached hydrogens (tertiary/aromatic N) is 2. The highest BCUT2D eigenvalue weighted by Gasteiger charge is 2.14. The van der Waals surface area contributed by atoms with Gasteiger partial charge in [-0.3, -0.25) is 14.3 Å². The van der Waals surface area contributed by atoms with E-state index in [0.717, 1.165) is 16.7 Å². The standard InChI is InChI=1S/C17H15N3O2S/c1-11-4-6-12(7-5-11)13-10-23-15-14(13)16(21)20(17(22)19-15)9-3-2-8-18/h4-7,10H,2-3,9H2,1H3,(H,19,22). The Morgan fingerprint density at radius 3 is 2.70 bits per heavy atom. The Kier molecular flexibility index (Phi) is 4.13. The highest BCUT2D eigenvalue weighted by atomic mass is 32.1. The summed E-state index contributed by atoms with van der Waals surface area (Å²) in [7, 11) is 0. The van der Waals surface area contributed by atoms with Crippen LogP contribution in [0.15, 0.2) is 39.2 Å². The SMILES string of the molecule is Cc1ccc(-c2csc3[nH]c(=O)n(CCCC#N)c(=O)c23)cc1. The molecule has 23 heavy (non-hydrogen) atoms. The number of nitriles is 1. The van der Waals surface area contributed by atoms with E-state index >= 15 is 0 Å². The van der Waals surface area contributed by atoms with E-state index in [1.165, 1.54) is 15.9 Å². The first-order chi connectivity index (χ1) is 11.1. The Hall–Kier alpha value is -2.65. The van der Waals surface area contributed by atoms with E-state index in [-0.39, 0.29) is 12.1 Å². The van der Waals surface area contributed by atoms with Gasteiger partial charge < -0.3 is 0 Å². The molecule has 3 aromatic rings. The van der Waals surface area contributed by atoms with Crippen molar-refractivity contribution in [2.45, 2.75) is 26.3 Å². The van der Waals surface area contributed by atoms with Crippen LogP contribution < -0.4 is 11.2 Å². The molecule has 1 aromatic carbocycles. The molecule has 0 bridgehead atoms. The van der Waals surface area contributed by atoms with Gasteiger partial charge in [0.25, 0.3) is 5.56 Å². The van der Waals surface area contributed by atoms with Gasteiger partial charge in [0.1, 0.15) is 4.83 Å². The first-order valence-corrected chi connectivity index (χ1v) is 8.18. The van der Waals surface area contributed by atoms with Crippen molar-refractivity contribution < 1.29 is 0 Å². The van der Waals surface area contributed by atoms with E-state index in [1.54, 1.807) is 0 Å². The fraction of sp³-hybridized carbons (Fsp3) is 0.235. The Labute approximate surface area is 136 Å². The molecule has 2 aromatic heterocycles. The number of thiophene rings is 1. The monoisotopic (exact) mass is 325 g/mol. The molecule has 5 nitrogen and oxygen atoms in total. The lowest BCUT2D eigenvalue weighted by atomic mass is 10.1. The minimum absolute atomic E-state index is 0.251. The lowest BCUT2D eigenvalue weighted by Gasteiger charge is -2.05. The van der Waals surface area contributed by atoms with E-state index in [1.807, 2.05) is 42.6 Å². The molecule has 0 atom stereocenters. The summed E-state index contributed by atoms with van der Waals surface area (Å²) in [4.78, 5) is 28.2. The molecule has 0 saturated carbocycles. The molecule has 6 heteroatoms. The number of rotatable bonds is 4. The topological polar surface area (TPSA) is 78.7 Å². The fourth-order valence-corrected chi connectivity index (χ4v) is 3.47. The minimum Gasteiger partial charge on any atom is -0.298 e. The second kappa shape index (κ2) is 6.23. The second-order valence-corrected chi connectivity index (χ2v) is 6.25. The molecule has 0 aliphatic rings. The average molecular weight is 325 g/mol. The van der Waals surface area contributed by atoms with Gasteiger partial charge in [-0.05, 0) is 18.9 Å². The van der Waals surface area contributed by atoms with Crippen LogP contribution in [0.3, 0.4) is 0 Å². The fourth-order valence-electron chi connectivity index (χ4n) is 2.52. The molecule has 0 saturated heterocycles. The van der Waals surface area contributed by atoms with Crippen LogP contribution in [-0.2, 0) is 6.54 Å². The zero-order chi connectivity index (χ0) is 16.4. The smallest absolute Gasteiger partial charge is 0.298 e. The van der Waals surface area contributed by atoms with Gasteiger partial charge in [-0.25, -0.2) is 4.79 Å². The Bertz CT molecular complexity index is 1000. The van der Waals surface area contributed by atoms with E-state index in [0.29, 0.717) is 23.1 Å². The zero-order valence-electron chi connectivity index (χ0n) is 12.6. The van der Waals surface area contributed by atoms with Gasteiger partial charge in [-0.2, -0.15) is 5.26 Å². The predicted molar refractivity (Wildman–Crippen MR) is 91.7 cm³/mol. The molecular formula is C17H15N3O2S. The van der Waals surface area contributed by atoms with Crippen LogP contribution in [0.25, 0.3) is 21.3 Å². The quantitative estimate of drug-likeness (QED) is 0.749. The van der Waals surface area contributed by atoms with E-state index in [2.05, 4.69) is 4.98 Å². The largest absolute Gasteiger partial charge is 0.329 e. The molecule has 0 amide bonds. The molecule has 0 spiro atoms. The summed E-state index contributed by atoms with van der Waals surface area (Å²) in [5, 5.41) is 11.0. The highest BCUT2D eigenvalue weighted by Crippen LogP contribution is 2.30. The summed E-state index contributed by atoms with van der Waals surface area (Å²) in [6, 6.07) is 9.97. The van der Waals surface area contributed by atoms with Crippen molar-refractivity contribution in [2.75, 3.05) is 0 Å². The Morgan fingerprint density at radius 2 is 2.00 bits per heavy atom. The van der Waals surface area contributed by atoms with Gasteiger partial charge in [-0.15, -0.1) is 11.3 Å². The van der Waals surface area contributed by atoms with Crippen molar-refractivity contribution in [1.82, 2.24) is 9.55 Å². The van der Waals surface area contributed by atoms with Crippen LogP contribution in [0.2, 0.25) is 0 Å². The normalized spacial score (nSPS) is 10.8. The van der Waals surface area contributed by atoms with Crippen molar-refractivity contribution in [3.05, 3.63) is 56.0 Å². The van der Waals surface area contributed by atoms with Gasteiger partial charge in [0.2, 0.25) is 0 Å². The van der Waals surface area contributed by atoms with Crippen LogP contribution in [0.5, 0.6) is 0 Å². The van der Waals surface area contributed by atoms with E-state index in [9.17, 15) is 9.59 Å². The van der Waals surface area contributed by atoms with Gasteiger partial charge in [0.15, 0.2) is 0 Å². The molecule has 0 unspecified atom stereocenters. The number of fused-ring (bicyclic) bond motifs is 1. The van der Waals surface area contributed by atoms with Crippen LogP contribution >= 0.6 is 11.3 Å². The first-order valence-electron chi connectivity index (χ1n) is 7.30. The summed E-state index contributed by atoms with van der Waals surface area (Å²) in [6.07, 6.45) is 0.799. The molecule has 0 radical (unpaired) electrons. The third kappa shape index (κ3) is 2.83. The lowest BCUT2D eigenvalue weighted by Crippen LogP contribution is -2.34. The number of aromatic amines is 1. The maximum absolute atomic E-state index is 12.7. The van der Waals surface area contributed by atoms with Crippen LogP contribution in [-0.4, -0.2) is 9.55 Å². The van der Waals surface area contributed by atoms with Gasteiger partial charge >= 0.3 is 5.69 Å². The molecule has 0 fully saturated rings. The predicted octanol–water partition coefficient (Wildman–Crippen LogP) is 3.03. The minimum atomic E-state index is -0.419. The summed E-state index contributed by atoms with van der Waals surface area (Å²) in [5.74, 6) is 0. The van der Waals surface area contributed by atoms with Crippen LogP contribution in [0.1, 0.15) is 18.4 Å². The van der Waals surface area contributed by atoms with Crippen molar-refractivity contribution >= 4 is 21.6 Å². The Morgan fingerprint density at radius 1 is 1.26 bits per heavy atom. The van der Waals surface area contributed by atoms with Crippen molar-refractivity contribution in [2.24, 2.45) is 0 Å². The second-order valence-electron chi connectivity index (χ2n) is 5.37. The summed E-state index contributed by atoms with van der Waals surface area (Å²) >= 11 is 1.36. The summed E-state index contributed by atoms with van der Waals surface area (Å²) in [5.41, 5.74) is 2.22. The molecule has 2 heterocycles. The third-order valence-corrected chi connectivity index (χ3v) is 4.64. The number of hydrogen-bond donors (Lipinski definition) is 1. The molecule has 0 aliphatic carbocycles. The van der Waals surface area contributed by atoms with Crippen molar-refractivity contribution in [3.8, 4) is 17.2 Å². The lowest BCUT2D eigenvalue weighted by molar-refractivity contribution is 0.605. The van der Waals surface area contributed by atoms with Gasteiger partial charge in [0.05, 0.1) is 11.5 Å². The number of aryl methyl sites for hydroxylation is 1. The first kappa shape index (κ1) is 15.3.